The minimum atomic E-state index is 0.109. The predicted molar refractivity (Wildman–Crippen MR) is 142 cm³/mol. The van der Waals surface area contributed by atoms with E-state index in [0.29, 0.717) is 17.5 Å². The zero-order valence-electron chi connectivity index (χ0n) is 21.0. The first-order valence-corrected chi connectivity index (χ1v) is 13.5. The lowest BCUT2D eigenvalue weighted by Crippen LogP contribution is -2.49. The maximum atomic E-state index is 6.34. The van der Waals surface area contributed by atoms with Gasteiger partial charge in [-0.2, -0.15) is 5.10 Å². The first-order valence-electron chi connectivity index (χ1n) is 13.5. The summed E-state index contributed by atoms with van der Waals surface area (Å²) in [6.07, 6.45) is 9.96. The molecule has 0 N–H and O–H groups in total. The smallest absolute Gasteiger partial charge is 0.266 e. The molecule has 4 aliphatic carbocycles. The number of pyridine rings is 1. The SMILES string of the molecule is Cc1ccc2nc(-c3nnc(-c4cn(-c5ccccc5)nc4C45CC6CC(CC(C6)C4)C5)o3)ccc2c1. The molecule has 0 spiro atoms. The van der Waals surface area contributed by atoms with Gasteiger partial charge in [-0.05, 0) is 93.5 Å². The molecule has 4 fully saturated rings. The standard InChI is InChI=1S/C31H29N5O/c1-19-7-9-26-23(11-19)8-10-27(32-26)30-34-33-29(37-30)25-18-36(24-5-3-2-4-6-24)35-28(25)31-15-20-12-21(16-31)14-22(13-20)17-31/h2-11,18,20-22H,12-17H2,1H3. The fourth-order valence-corrected chi connectivity index (χ4v) is 7.84. The van der Waals surface area contributed by atoms with Crippen LogP contribution in [0.5, 0.6) is 0 Å². The van der Waals surface area contributed by atoms with E-state index in [2.05, 4.69) is 65.8 Å². The Hall–Kier alpha value is -3.80. The maximum Gasteiger partial charge on any atom is 0.266 e. The van der Waals surface area contributed by atoms with Crippen molar-refractivity contribution < 1.29 is 4.42 Å². The van der Waals surface area contributed by atoms with Crippen LogP contribution in [0.25, 0.3) is 39.6 Å². The highest BCUT2D eigenvalue weighted by Gasteiger charge is 2.53. The average Bonchev–Trinajstić information content (AvgIpc) is 3.57. The maximum absolute atomic E-state index is 6.34. The molecule has 4 aliphatic rings. The Labute approximate surface area is 215 Å². The Morgan fingerprint density at radius 2 is 1.57 bits per heavy atom. The number of nitrogens with zero attached hydrogens (tertiary/aromatic N) is 5. The molecular weight excluding hydrogens is 458 g/mol. The lowest BCUT2D eigenvalue weighted by Gasteiger charge is -2.56. The molecule has 9 rings (SSSR count). The summed E-state index contributed by atoms with van der Waals surface area (Å²) < 4.78 is 8.35. The minimum absolute atomic E-state index is 0.109. The van der Waals surface area contributed by atoms with E-state index in [4.69, 9.17) is 14.5 Å². The second-order valence-corrected chi connectivity index (χ2v) is 11.7. The second kappa shape index (κ2) is 7.85. The summed E-state index contributed by atoms with van der Waals surface area (Å²) in [6.45, 7) is 2.09. The lowest BCUT2D eigenvalue weighted by atomic mass is 9.48. The summed E-state index contributed by atoms with van der Waals surface area (Å²) in [6, 6.07) is 20.6. The summed E-state index contributed by atoms with van der Waals surface area (Å²) in [5.74, 6) is 3.45. The monoisotopic (exact) mass is 487 g/mol. The van der Waals surface area contributed by atoms with E-state index in [1.54, 1.807) is 0 Å². The molecule has 0 unspecified atom stereocenters. The summed E-state index contributed by atoms with van der Waals surface area (Å²) in [4.78, 5) is 4.81. The Balaban J connectivity index is 1.24. The fourth-order valence-electron chi connectivity index (χ4n) is 7.84. The minimum Gasteiger partial charge on any atom is -0.414 e. The van der Waals surface area contributed by atoms with E-state index in [9.17, 15) is 0 Å². The van der Waals surface area contributed by atoms with Crippen molar-refractivity contribution in [1.29, 1.82) is 0 Å². The van der Waals surface area contributed by atoms with Gasteiger partial charge in [0.2, 0.25) is 0 Å². The molecule has 3 heterocycles. The predicted octanol–water partition coefficient (Wildman–Crippen LogP) is 6.91. The van der Waals surface area contributed by atoms with Gasteiger partial charge in [-0.3, -0.25) is 0 Å². The Morgan fingerprint density at radius 1 is 0.838 bits per heavy atom. The number of para-hydroxylation sites is 1. The summed E-state index contributed by atoms with van der Waals surface area (Å²) in [5.41, 5.74) is 6.11. The van der Waals surface area contributed by atoms with Crippen LogP contribution in [0.3, 0.4) is 0 Å². The third-order valence-electron chi connectivity index (χ3n) is 8.99. The van der Waals surface area contributed by atoms with E-state index >= 15 is 0 Å². The van der Waals surface area contributed by atoms with Gasteiger partial charge < -0.3 is 4.42 Å². The van der Waals surface area contributed by atoms with Crippen molar-refractivity contribution in [3.05, 3.63) is 78.1 Å². The van der Waals surface area contributed by atoms with Crippen LogP contribution in [0.1, 0.15) is 49.8 Å². The quantitative estimate of drug-likeness (QED) is 0.275. The van der Waals surface area contributed by atoms with E-state index < -0.39 is 0 Å². The van der Waals surface area contributed by atoms with Gasteiger partial charge in [0.05, 0.1) is 22.5 Å². The highest BCUT2D eigenvalue weighted by Crippen LogP contribution is 2.61. The van der Waals surface area contributed by atoms with E-state index in [-0.39, 0.29) is 5.41 Å². The second-order valence-electron chi connectivity index (χ2n) is 11.7. The van der Waals surface area contributed by atoms with Crippen LogP contribution in [0.2, 0.25) is 0 Å². The first-order chi connectivity index (χ1) is 18.1. The molecular formula is C31H29N5O. The molecule has 3 aromatic heterocycles. The van der Waals surface area contributed by atoms with Gasteiger partial charge in [-0.15, -0.1) is 10.2 Å². The molecule has 37 heavy (non-hydrogen) atoms. The molecule has 0 atom stereocenters. The van der Waals surface area contributed by atoms with Crippen LogP contribution in [-0.4, -0.2) is 25.0 Å². The number of aromatic nitrogens is 5. The highest BCUT2D eigenvalue weighted by atomic mass is 16.4. The van der Waals surface area contributed by atoms with Crippen molar-refractivity contribution in [3.8, 4) is 28.7 Å². The molecule has 4 saturated carbocycles. The molecule has 0 saturated heterocycles. The van der Waals surface area contributed by atoms with E-state index in [1.165, 1.54) is 44.1 Å². The van der Waals surface area contributed by atoms with Gasteiger partial charge in [0.15, 0.2) is 0 Å². The van der Waals surface area contributed by atoms with Gasteiger partial charge in [0.1, 0.15) is 5.69 Å². The van der Waals surface area contributed by atoms with Gasteiger partial charge in [0, 0.05) is 17.0 Å². The highest BCUT2D eigenvalue weighted by molar-refractivity contribution is 5.81. The normalized spacial score (nSPS) is 26.2. The fraction of sp³-hybridized carbons (Fsp3) is 0.355. The van der Waals surface area contributed by atoms with E-state index in [1.807, 2.05) is 22.9 Å². The van der Waals surface area contributed by atoms with Gasteiger partial charge in [-0.1, -0.05) is 35.9 Å². The topological polar surface area (TPSA) is 69.6 Å². The van der Waals surface area contributed by atoms with Gasteiger partial charge in [0.25, 0.3) is 11.8 Å². The molecule has 5 aromatic rings. The molecule has 0 amide bonds. The van der Waals surface area contributed by atoms with Crippen LogP contribution in [-0.2, 0) is 5.41 Å². The zero-order chi connectivity index (χ0) is 24.6. The van der Waals surface area contributed by atoms with Crippen LogP contribution >= 0.6 is 0 Å². The Kier molecular flexibility index (Phi) is 4.52. The van der Waals surface area contributed by atoms with E-state index in [0.717, 1.165) is 45.6 Å². The van der Waals surface area contributed by atoms with Crippen molar-refractivity contribution in [2.24, 2.45) is 17.8 Å². The number of aryl methyl sites for hydroxylation is 1. The Bertz CT molecular complexity index is 1600. The summed E-state index contributed by atoms with van der Waals surface area (Å²) in [5, 5.41) is 15.3. The lowest BCUT2D eigenvalue weighted by molar-refractivity contribution is -0.00714. The van der Waals surface area contributed by atoms with Crippen molar-refractivity contribution in [2.75, 3.05) is 0 Å². The summed E-state index contributed by atoms with van der Waals surface area (Å²) in [7, 11) is 0. The molecule has 6 heteroatoms. The Morgan fingerprint density at radius 3 is 2.32 bits per heavy atom. The summed E-state index contributed by atoms with van der Waals surface area (Å²) >= 11 is 0. The van der Waals surface area contributed by atoms with Gasteiger partial charge in [-0.25, -0.2) is 9.67 Å². The van der Waals surface area contributed by atoms with Crippen LogP contribution < -0.4 is 0 Å². The first kappa shape index (κ1) is 21.3. The largest absolute Gasteiger partial charge is 0.414 e. The van der Waals surface area contributed by atoms with Crippen molar-refractivity contribution in [2.45, 2.75) is 50.9 Å². The number of fused-ring (bicyclic) bond motifs is 1. The molecule has 0 aliphatic heterocycles. The van der Waals surface area contributed by atoms with Crippen molar-refractivity contribution in [1.82, 2.24) is 25.0 Å². The molecule has 2 aromatic carbocycles. The molecule has 0 radical (unpaired) electrons. The third kappa shape index (κ3) is 3.45. The zero-order valence-corrected chi connectivity index (χ0v) is 21.0. The van der Waals surface area contributed by atoms with Crippen LogP contribution in [0.15, 0.2) is 71.3 Å². The molecule has 6 nitrogen and oxygen atoms in total. The van der Waals surface area contributed by atoms with Crippen LogP contribution in [0.4, 0.5) is 0 Å². The van der Waals surface area contributed by atoms with Crippen LogP contribution in [0, 0.1) is 24.7 Å². The molecule has 4 bridgehead atoms. The number of hydrogen-bond acceptors (Lipinski definition) is 5. The number of benzene rings is 2. The number of rotatable bonds is 4. The van der Waals surface area contributed by atoms with Crippen molar-refractivity contribution >= 4 is 10.9 Å². The van der Waals surface area contributed by atoms with Gasteiger partial charge >= 0.3 is 0 Å². The van der Waals surface area contributed by atoms with Crippen molar-refractivity contribution in [3.63, 3.8) is 0 Å². The average molecular weight is 488 g/mol. The molecule has 184 valence electrons. The number of hydrogen-bond donors (Lipinski definition) is 0. The third-order valence-corrected chi connectivity index (χ3v) is 8.99.